The minimum Gasteiger partial charge on any atom is -0.445 e. The molecule has 2 rings (SSSR count). The van der Waals surface area contributed by atoms with Gasteiger partial charge in [-0.1, -0.05) is 44.2 Å². The van der Waals surface area contributed by atoms with Gasteiger partial charge in [-0.2, -0.15) is 0 Å². The lowest BCUT2D eigenvalue weighted by atomic mass is 10.0. The predicted octanol–water partition coefficient (Wildman–Crippen LogP) is 1.87. The highest BCUT2D eigenvalue weighted by molar-refractivity contribution is 5.81. The van der Waals surface area contributed by atoms with Crippen LogP contribution in [0.25, 0.3) is 0 Å². The second-order valence-corrected chi connectivity index (χ2v) is 6.50. The van der Waals surface area contributed by atoms with Crippen LogP contribution in [0, 0.1) is 5.92 Å². The van der Waals surface area contributed by atoms with E-state index in [1.807, 2.05) is 44.2 Å². The van der Waals surface area contributed by atoms with Gasteiger partial charge in [0.25, 0.3) is 5.91 Å². The summed E-state index contributed by atoms with van der Waals surface area (Å²) in [5.41, 5.74) is 0.941. The zero-order valence-corrected chi connectivity index (χ0v) is 14.4. The first-order valence-electron chi connectivity index (χ1n) is 8.40. The Balaban J connectivity index is 1.75. The lowest BCUT2D eigenvalue weighted by molar-refractivity contribution is -0.142. The summed E-state index contributed by atoms with van der Waals surface area (Å²) < 4.78 is 5.30. The van der Waals surface area contributed by atoms with E-state index in [1.54, 1.807) is 9.80 Å². The van der Waals surface area contributed by atoms with Crippen molar-refractivity contribution < 1.29 is 19.4 Å². The SMILES string of the molecule is CC(C)C[C@H](O)C(=O)N1CCN(C(=O)OCc2ccccc2)CC1. The Kier molecular flexibility index (Phi) is 6.61. The molecule has 1 saturated heterocycles. The van der Waals surface area contributed by atoms with Crippen LogP contribution in [-0.2, 0) is 16.1 Å². The van der Waals surface area contributed by atoms with E-state index in [-0.39, 0.29) is 24.5 Å². The van der Waals surface area contributed by atoms with Crippen molar-refractivity contribution in [1.82, 2.24) is 9.80 Å². The number of amides is 2. The van der Waals surface area contributed by atoms with Crippen LogP contribution in [0.2, 0.25) is 0 Å². The Morgan fingerprint density at radius 2 is 1.67 bits per heavy atom. The Morgan fingerprint density at radius 1 is 1.08 bits per heavy atom. The van der Waals surface area contributed by atoms with Crippen molar-refractivity contribution >= 4 is 12.0 Å². The molecule has 24 heavy (non-hydrogen) atoms. The van der Waals surface area contributed by atoms with Gasteiger partial charge >= 0.3 is 6.09 Å². The van der Waals surface area contributed by atoms with Gasteiger partial charge < -0.3 is 19.6 Å². The third-order valence-electron chi connectivity index (χ3n) is 4.03. The number of carbonyl (C=O) groups excluding carboxylic acids is 2. The number of hydrogen-bond donors (Lipinski definition) is 1. The number of nitrogens with zero attached hydrogens (tertiary/aromatic N) is 2. The smallest absolute Gasteiger partial charge is 0.410 e. The summed E-state index contributed by atoms with van der Waals surface area (Å²) >= 11 is 0. The molecule has 6 nitrogen and oxygen atoms in total. The van der Waals surface area contributed by atoms with Gasteiger partial charge in [0.05, 0.1) is 0 Å². The third kappa shape index (κ3) is 5.23. The molecule has 1 aliphatic rings. The number of rotatable bonds is 5. The molecule has 132 valence electrons. The minimum absolute atomic E-state index is 0.242. The van der Waals surface area contributed by atoms with Gasteiger partial charge in [0.15, 0.2) is 0 Å². The maximum absolute atomic E-state index is 12.2. The van der Waals surface area contributed by atoms with Crippen molar-refractivity contribution in [3.8, 4) is 0 Å². The number of hydrogen-bond acceptors (Lipinski definition) is 4. The van der Waals surface area contributed by atoms with Crippen LogP contribution in [0.5, 0.6) is 0 Å². The fraction of sp³-hybridized carbons (Fsp3) is 0.556. The molecule has 0 saturated carbocycles. The summed E-state index contributed by atoms with van der Waals surface area (Å²) in [7, 11) is 0. The first-order valence-corrected chi connectivity index (χ1v) is 8.40. The second-order valence-electron chi connectivity index (χ2n) is 6.50. The minimum atomic E-state index is -0.957. The summed E-state index contributed by atoms with van der Waals surface area (Å²) in [6.07, 6.45) is -0.867. The number of piperazine rings is 1. The van der Waals surface area contributed by atoms with E-state index < -0.39 is 6.10 Å². The zero-order chi connectivity index (χ0) is 17.5. The van der Waals surface area contributed by atoms with E-state index in [9.17, 15) is 14.7 Å². The zero-order valence-electron chi connectivity index (χ0n) is 14.4. The lowest BCUT2D eigenvalue weighted by Gasteiger charge is -2.35. The van der Waals surface area contributed by atoms with E-state index in [1.165, 1.54) is 0 Å². The Morgan fingerprint density at radius 3 is 2.25 bits per heavy atom. The predicted molar refractivity (Wildman–Crippen MR) is 90.2 cm³/mol. The largest absolute Gasteiger partial charge is 0.445 e. The summed E-state index contributed by atoms with van der Waals surface area (Å²) in [5, 5.41) is 9.93. The van der Waals surface area contributed by atoms with Crippen molar-refractivity contribution in [1.29, 1.82) is 0 Å². The standard InChI is InChI=1S/C18H26N2O4/c1-14(2)12-16(21)17(22)19-8-10-20(11-9-19)18(23)24-13-15-6-4-3-5-7-15/h3-7,14,16,21H,8-13H2,1-2H3/t16-/m0/s1. The highest BCUT2D eigenvalue weighted by Crippen LogP contribution is 2.11. The van der Waals surface area contributed by atoms with E-state index in [0.717, 1.165) is 5.56 Å². The van der Waals surface area contributed by atoms with Crippen molar-refractivity contribution in [3.63, 3.8) is 0 Å². The van der Waals surface area contributed by atoms with Crippen LogP contribution in [0.15, 0.2) is 30.3 Å². The molecule has 1 atom stereocenters. The van der Waals surface area contributed by atoms with Gasteiger partial charge in [-0.25, -0.2) is 4.79 Å². The molecule has 0 unspecified atom stereocenters. The summed E-state index contributed by atoms with van der Waals surface area (Å²) in [6.45, 7) is 5.88. The molecular weight excluding hydrogens is 308 g/mol. The Hall–Kier alpha value is -2.08. The molecule has 2 amide bonds. The molecule has 1 heterocycles. The molecular formula is C18H26N2O4. The van der Waals surface area contributed by atoms with E-state index in [2.05, 4.69) is 0 Å². The van der Waals surface area contributed by atoms with Gasteiger partial charge in [0, 0.05) is 26.2 Å². The second kappa shape index (κ2) is 8.68. The monoisotopic (exact) mass is 334 g/mol. The molecule has 1 aromatic carbocycles. The van der Waals surface area contributed by atoms with Crippen LogP contribution >= 0.6 is 0 Å². The molecule has 0 aromatic heterocycles. The van der Waals surface area contributed by atoms with Crippen LogP contribution in [0.4, 0.5) is 4.79 Å². The normalized spacial score (nSPS) is 16.2. The Bertz CT molecular complexity index is 539. The van der Waals surface area contributed by atoms with E-state index in [0.29, 0.717) is 32.6 Å². The van der Waals surface area contributed by atoms with Crippen LogP contribution in [0.3, 0.4) is 0 Å². The Labute approximate surface area is 143 Å². The first-order chi connectivity index (χ1) is 11.5. The average molecular weight is 334 g/mol. The lowest BCUT2D eigenvalue weighted by Crippen LogP contribution is -2.53. The van der Waals surface area contributed by atoms with E-state index >= 15 is 0 Å². The van der Waals surface area contributed by atoms with Crippen molar-refractivity contribution in [2.45, 2.75) is 33.0 Å². The third-order valence-corrected chi connectivity index (χ3v) is 4.03. The molecule has 1 fully saturated rings. The number of ether oxygens (including phenoxy) is 1. The van der Waals surface area contributed by atoms with E-state index in [4.69, 9.17) is 4.74 Å². The maximum Gasteiger partial charge on any atom is 0.410 e. The number of aliphatic hydroxyl groups is 1. The van der Waals surface area contributed by atoms with Gasteiger partial charge in [-0.05, 0) is 17.9 Å². The van der Waals surface area contributed by atoms with Crippen LogP contribution in [-0.4, -0.2) is 59.2 Å². The van der Waals surface area contributed by atoms with Gasteiger partial charge in [0.2, 0.25) is 0 Å². The van der Waals surface area contributed by atoms with Gasteiger partial charge in [-0.3, -0.25) is 4.79 Å². The number of carbonyl (C=O) groups is 2. The van der Waals surface area contributed by atoms with Crippen molar-refractivity contribution in [2.24, 2.45) is 5.92 Å². The number of benzene rings is 1. The molecule has 1 N–H and O–H groups in total. The van der Waals surface area contributed by atoms with Crippen molar-refractivity contribution in [3.05, 3.63) is 35.9 Å². The average Bonchev–Trinajstić information content (AvgIpc) is 2.59. The topological polar surface area (TPSA) is 70.1 Å². The number of aliphatic hydroxyl groups excluding tert-OH is 1. The highest BCUT2D eigenvalue weighted by Gasteiger charge is 2.28. The molecule has 6 heteroatoms. The quantitative estimate of drug-likeness (QED) is 0.892. The molecule has 0 bridgehead atoms. The molecule has 1 aliphatic heterocycles. The maximum atomic E-state index is 12.2. The van der Waals surface area contributed by atoms with Crippen LogP contribution in [0.1, 0.15) is 25.8 Å². The fourth-order valence-electron chi connectivity index (χ4n) is 2.68. The fourth-order valence-corrected chi connectivity index (χ4v) is 2.68. The van der Waals surface area contributed by atoms with Gasteiger partial charge in [0.1, 0.15) is 12.7 Å². The molecule has 1 aromatic rings. The summed E-state index contributed by atoms with van der Waals surface area (Å²) in [4.78, 5) is 27.5. The highest BCUT2D eigenvalue weighted by atomic mass is 16.6. The van der Waals surface area contributed by atoms with Crippen LogP contribution < -0.4 is 0 Å². The molecule has 0 radical (unpaired) electrons. The van der Waals surface area contributed by atoms with Crippen molar-refractivity contribution in [2.75, 3.05) is 26.2 Å². The molecule has 0 aliphatic carbocycles. The summed E-state index contributed by atoms with van der Waals surface area (Å²) in [5.74, 6) is 0.0132. The summed E-state index contributed by atoms with van der Waals surface area (Å²) in [6, 6.07) is 9.52. The first kappa shape index (κ1) is 18.3. The van der Waals surface area contributed by atoms with Gasteiger partial charge in [-0.15, -0.1) is 0 Å². The molecule has 0 spiro atoms.